The number of hydrogen-bond acceptors (Lipinski definition) is 5. The number of fused-ring (bicyclic) bond motifs is 1. The molecule has 0 aliphatic heterocycles. The number of anilines is 1. The third kappa shape index (κ3) is 4.62. The number of alkyl halides is 4. The minimum atomic E-state index is -4.71. The van der Waals surface area contributed by atoms with E-state index in [2.05, 4.69) is 15.0 Å². The zero-order chi connectivity index (χ0) is 22.7. The lowest BCUT2D eigenvalue weighted by Gasteiger charge is -2.12. The van der Waals surface area contributed by atoms with E-state index >= 15 is 0 Å². The maximum absolute atomic E-state index is 13.5. The fourth-order valence-corrected chi connectivity index (χ4v) is 3.41. The normalized spacial score (nSPS) is 11.8. The number of hydrogen-bond donors (Lipinski definition) is 1. The van der Waals surface area contributed by atoms with Crippen molar-refractivity contribution in [2.24, 2.45) is 0 Å². The van der Waals surface area contributed by atoms with Crippen LogP contribution in [0, 0.1) is 0 Å². The van der Waals surface area contributed by atoms with Crippen LogP contribution in [0.5, 0.6) is 5.75 Å². The second-order valence-electron chi connectivity index (χ2n) is 7.03. The number of imidazole rings is 1. The molecule has 0 unspecified atom stereocenters. The zero-order valence-corrected chi connectivity index (χ0v) is 17.6. The van der Waals surface area contributed by atoms with E-state index in [-0.39, 0.29) is 35.1 Å². The summed E-state index contributed by atoms with van der Waals surface area (Å²) in [6.45, 7) is 0.341. The van der Waals surface area contributed by atoms with Crippen molar-refractivity contribution in [3.8, 4) is 11.4 Å². The molecule has 4 rings (SSSR count). The lowest BCUT2D eigenvalue weighted by Crippen LogP contribution is -2.14. The van der Waals surface area contributed by atoms with Gasteiger partial charge in [0.05, 0.1) is 11.4 Å². The summed E-state index contributed by atoms with van der Waals surface area (Å²) in [6.07, 6.45) is -4.04. The number of nitrogen functional groups attached to an aromatic ring is 1. The molecule has 2 aromatic carbocycles. The van der Waals surface area contributed by atoms with Gasteiger partial charge >= 0.3 is 6.18 Å². The predicted octanol–water partition coefficient (Wildman–Crippen LogP) is 5.17. The van der Waals surface area contributed by atoms with E-state index in [1.165, 1.54) is 4.57 Å². The Labute approximate surface area is 186 Å². The molecule has 0 aliphatic rings. The van der Waals surface area contributed by atoms with Crippen molar-refractivity contribution >= 4 is 28.7 Å². The largest absolute Gasteiger partial charge is 0.489 e. The van der Waals surface area contributed by atoms with Gasteiger partial charge in [-0.1, -0.05) is 36.4 Å². The molecule has 4 aromatic rings. The molecule has 0 amide bonds. The molecule has 0 saturated carbocycles. The molecular weight excluding hydrogens is 443 g/mol. The summed E-state index contributed by atoms with van der Waals surface area (Å²) in [5.74, 6) is -0.433. The summed E-state index contributed by atoms with van der Waals surface area (Å²) < 4.78 is 47.6. The van der Waals surface area contributed by atoms with Gasteiger partial charge in [0.2, 0.25) is 11.8 Å². The van der Waals surface area contributed by atoms with Gasteiger partial charge < -0.3 is 10.5 Å². The van der Waals surface area contributed by atoms with Crippen molar-refractivity contribution in [1.29, 1.82) is 0 Å². The van der Waals surface area contributed by atoms with Crippen LogP contribution < -0.4 is 10.5 Å². The number of ether oxygens (including phenoxy) is 1. The fraction of sp³-hybridized carbons (Fsp3) is 0.227. The average Bonchev–Trinajstić information content (AvgIpc) is 3.12. The van der Waals surface area contributed by atoms with Gasteiger partial charge in [-0.2, -0.15) is 13.2 Å². The smallest absolute Gasteiger partial charge is 0.451 e. The van der Waals surface area contributed by atoms with Crippen LogP contribution in [0.3, 0.4) is 0 Å². The minimum absolute atomic E-state index is 0.000886. The molecule has 6 nitrogen and oxygen atoms in total. The van der Waals surface area contributed by atoms with Gasteiger partial charge in [-0.25, -0.2) is 15.0 Å². The Morgan fingerprint density at radius 2 is 1.78 bits per heavy atom. The predicted molar refractivity (Wildman–Crippen MR) is 116 cm³/mol. The fourth-order valence-electron chi connectivity index (χ4n) is 3.27. The van der Waals surface area contributed by atoms with Gasteiger partial charge in [0.1, 0.15) is 17.9 Å². The number of nitrogens with two attached hydrogens (primary N) is 1. The molecule has 32 heavy (non-hydrogen) atoms. The zero-order valence-electron chi connectivity index (χ0n) is 16.8. The first-order chi connectivity index (χ1) is 15.4. The van der Waals surface area contributed by atoms with E-state index in [4.69, 9.17) is 22.1 Å². The van der Waals surface area contributed by atoms with Gasteiger partial charge in [-0.3, -0.25) is 4.57 Å². The molecule has 0 fully saturated rings. The van der Waals surface area contributed by atoms with E-state index in [9.17, 15) is 13.2 Å². The standard InChI is InChI=1S/C22H19ClF3N5O/c23-11-5-10-17-18-19(30-20(28-17)22(24,25)26)31(21(27)29-18)15-8-4-9-16(12-15)32-13-14-6-2-1-3-7-14/h1-4,6-9,12H,5,10-11,13H2,(H2,27,29). The number of aryl methyl sites for hydroxylation is 1. The van der Waals surface area contributed by atoms with E-state index in [0.29, 0.717) is 24.5 Å². The SMILES string of the molecule is Nc1nc2c(CCCCl)nc(C(F)(F)F)nc2n1-c1cccc(OCc2ccccc2)c1. The molecule has 2 aromatic heterocycles. The second-order valence-corrected chi connectivity index (χ2v) is 7.41. The summed E-state index contributed by atoms with van der Waals surface area (Å²) in [6, 6.07) is 16.4. The average molecular weight is 462 g/mol. The molecule has 0 atom stereocenters. The van der Waals surface area contributed by atoms with Crippen LogP contribution in [0.1, 0.15) is 23.5 Å². The Kier molecular flexibility index (Phi) is 6.18. The number of aromatic nitrogens is 4. The number of nitrogens with zero attached hydrogens (tertiary/aromatic N) is 4. The van der Waals surface area contributed by atoms with Crippen LogP contribution in [-0.2, 0) is 19.2 Å². The molecule has 2 N–H and O–H groups in total. The van der Waals surface area contributed by atoms with Crippen molar-refractivity contribution in [2.75, 3.05) is 11.6 Å². The highest BCUT2D eigenvalue weighted by Gasteiger charge is 2.36. The Morgan fingerprint density at radius 3 is 2.50 bits per heavy atom. The highest BCUT2D eigenvalue weighted by atomic mass is 35.5. The monoisotopic (exact) mass is 461 g/mol. The quantitative estimate of drug-likeness (QED) is 0.384. The summed E-state index contributed by atoms with van der Waals surface area (Å²) in [5, 5.41) is 0. The first-order valence-electron chi connectivity index (χ1n) is 9.82. The van der Waals surface area contributed by atoms with Crippen molar-refractivity contribution in [3.05, 3.63) is 71.7 Å². The summed E-state index contributed by atoms with van der Waals surface area (Å²) in [4.78, 5) is 11.7. The van der Waals surface area contributed by atoms with E-state index in [0.717, 1.165) is 5.56 Å². The van der Waals surface area contributed by atoms with Gasteiger partial charge in [0.25, 0.3) is 0 Å². The van der Waals surface area contributed by atoms with Crippen LogP contribution in [0.4, 0.5) is 19.1 Å². The lowest BCUT2D eigenvalue weighted by molar-refractivity contribution is -0.144. The van der Waals surface area contributed by atoms with Crippen molar-refractivity contribution in [3.63, 3.8) is 0 Å². The van der Waals surface area contributed by atoms with Crippen molar-refractivity contribution in [2.45, 2.75) is 25.6 Å². The molecule has 0 radical (unpaired) electrons. The van der Waals surface area contributed by atoms with Gasteiger partial charge in [-0.15, -0.1) is 11.6 Å². The van der Waals surface area contributed by atoms with Crippen LogP contribution in [-0.4, -0.2) is 25.4 Å². The van der Waals surface area contributed by atoms with Crippen LogP contribution >= 0.6 is 11.6 Å². The van der Waals surface area contributed by atoms with Crippen molar-refractivity contribution in [1.82, 2.24) is 19.5 Å². The first-order valence-corrected chi connectivity index (χ1v) is 10.4. The second kappa shape index (κ2) is 9.04. The number of halogens is 4. The van der Waals surface area contributed by atoms with E-state index < -0.39 is 12.0 Å². The third-order valence-electron chi connectivity index (χ3n) is 4.73. The summed E-state index contributed by atoms with van der Waals surface area (Å²) in [5.41, 5.74) is 7.91. The molecule has 0 bridgehead atoms. The van der Waals surface area contributed by atoms with Crippen molar-refractivity contribution < 1.29 is 17.9 Å². The maximum Gasteiger partial charge on any atom is 0.451 e. The van der Waals surface area contributed by atoms with Gasteiger partial charge in [0, 0.05) is 11.9 Å². The summed E-state index contributed by atoms with van der Waals surface area (Å²) in [7, 11) is 0. The van der Waals surface area contributed by atoms with Crippen LogP contribution in [0.2, 0.25) is 0 Å². The number of rotatable bonds is 7. The van der Waals surface area contributed by atoms with Gasteiger partial charge in [0.15, 0.2) is 5.65 Å². The Hall–Kier alpha value is -3.33. The Morgan fingerprint density at radius 1 is 1.00 bits per heavy atom. The molecule has 2 heterocycles. The molecule has 0 spiro atoms. The Bertz CT molecular complexity index is 1230. The molecular formula is C22H19ClF3N5O. The third-order valence-corrected chi connectivity index (χ3v) is 5.00. The van der Waals surface area contributed by atoms with Crippen LogP contribution in [0.25, 0.3) is 16.9 Å². The molecule has 0 aliphatic carbocycles. The number of benzene rings is 2. The molecule has 166 valence electrons. The topological polar surface area (TPSA) is 78.9 Å². The van der Waals surface area contributed by atoms with E-state index in [1.54, 1.807) is 24.3 Å². The summed E-state index contributed by atoms with van der Waals surface area (Å²) >= 11 is 5.73. The molecule has 0 saturated heterocycles. The van der Waals surface area contributed by atoms with Gasteiger partial charge in [-0.05, 0) is 30.5 Å². The highest BCUT2D eigenvalue weighted by Crippen LogP contribution is 2.31. The highest BCUT2D eigenvalue weighted by molar-refractivity contribution is 6.17. The van der Waals surface area contributed by atoms with E-state index in [1.807, 2.05) is 30.3 Å². The minimum Gasteiger partial charge on any atom is -0.489 e. The lowest BCUT2D eigenvalue weighted by atomic mass is 10.2. The maximum atomic E-state index is 13.5. The molecule has 10 heteroatoms. The first kappa shape index (κ1) is 21.9. The Balaban J connectivity index is 1.76. The van der Waals surface area contributed by atoms with Crippen LogP contribution in [0.15, 0.2) is 54.6 Å².